The van der Waals surface area contributed by atoms with Crippen LogP contribution in [0.25, 0.3) is 0 Å². The molecule has 5 heteroatoms. The van der Waals surface area contributed by atoms with E-state index in [4.69, 9.17) is 0 Å². The summed E-state index contributed by atoms with van der Waals surface area (Å²) in [7, 11) is 1.54. The molecule has 0 bridgehead atoms. The second kappa shape index (κ2) is 5.35. The zero-order valence-electron chi connectivity index (χ0n) is 11.1. The summed E-state index contributed by atoms with van der Waals surface area (Å²) in [6.07, 6.45) is 0. The van der Waals surface area contributed by atoms with Crippen LogP contribution in [0.3, 0.4) is 0 Å². The fourth-order valence-electron chi connectivity index (χ4n) is 1.60. The summed E-state index contributed by atoms with van der Waals surface area (Å²) in [6.45, 7) is 5.18. The van der Waals surface area contributed by atoms with Crippen molar-refractivity contribution in [3.8, 4) is 0 Å². The van der Waals surface area contributed by atoms with Gasteiger partial charge in [-0.2, -0.15) is 0 Å². The van der Waals surface area contributed by atoms with Gasteiger partial charge in [0.2, 0.25) is 0 Å². The molecule has 1 aromatic rings. The molecule has 0 radical (unpaired) electrons. The predicted octanol–water partition coefficient (Wildman–Crippen LogP) is 2.37. The molecule has 0 aliphatic rings. The third-order valence-corrected chi connectivity index (χ3v) is 2.33. The number of benzene rings is 1. The molecule has 0 fully saturated rings. The average molecular weight is 254 g/mol. The Kier molecular flexibility index (Phi) is 4.29. The fraction of sp³-hybridized carbons (Fsp3) is 0.462. The molecule has 2 amide bonds. The maximum Gasteiger partial charge on any atom is 0.321 e. The molecule has 100 valence electrons. The van der Waals surface area contributed by atoms with Crippen LogP contribution < -0.4 is 5.32 Å². The van der Waals surface area contributed by atoms with Crippen molar-refractivity contribution in [2.45, 2.75) is 26.4 Å². The maximum atomic E-state index is 13.4. The third-order valence-electron chi connectivity index (χ3n) is 2.33. The Hall–Kier alpha value is -1.62. The van der Waals surface area contributed by atoms with Gasteiger partial charge in [0.25, 0.3) is 0 Å². The zero-order chi connectivity index (χ0) is 13.9. The molecule has 0 saturated carbocycles. The number of aliphatic hydroxyl groups is 1. The van der Waals surface area contributed by atoms with E-state index in [1.165, 1.54) is 11.0 Å². The molecule has 0 saturated heterocycles. The largest absolute Gasteiger partial charge is 0.389 e. The second-order valence-corrected chi connectivity index (χ2v) is 5.08. The lowest BCUT2D eigenvalue weighted by Crippen LogP contribution is -2.41. The monoisotopic (exact) mass is 254 g/mol. The molecule has 18 heavy (non-hydrogen) atoms. The molecule has 4 nitrogen and oxygen atoms in total. The number of likely N-dealkylation sites (N-methyl/N-ethyl adjacent to an activating group) is 1. The minimum Gasteiger partial charge on any atom is -0.389 e. The van der Waals surface area contributed by atoms with Gasteiger partial charge in [0.1, 0.15) is 5.82 Å². The number of urea groups is 1. The number of rotatable bonds is 3. The number of halogens is 1. The van der Waals surface area contributed by atoms with Gasteiger partial charge < -0.3 is 15.3 Å². The number of anilines is 1. The number of hydrogen-bond acceptors (Lipinski definition) is 2. The molecule has 2 N–H and O–H groups in total. The summed E-state index contributed by atoms with van der Waals surface area (Å²) >= 11 is 0. The van der Waals surface area contributed by atoms with Gasteiger partial charge in [-0.05, 0) is 38.5 Å². The van der Waals surface area contributed by atoms with Gasteiger partial charge in [-0.3, -0.25) is 0 Å². The van der Waals surface area contributed by atoms with Crippen molar-refractivity contribution in [3.63, 3.8) is 0 Å². The van der Waals surface area contributed by atoms with Crippen LogP contribution in [-0.4, -0.2) is 35.2 Å². The molecule has 0 aromatic heterocycles. The van der Waals surface area contributed by atoms with E-state index >= 15 is 0 Å². The number of aryl methyl sites for hydroxylation is 1. The topological polar surface area (TPSA) is 52.6 Å². The van der Waals surface area contributed by atoms with E-state index in [1.807, 2.05) is 6.92 Å². The van der Waals surface area contributed by atoms with Crippen LogP contribution >= 0.6 is 0 Å². The van der Waals surface area contributed by atoms with Crippen molar-refractivity contribution in [1.82, 2.24) is 4.90 Å². The number of carbonyl (C=O) groups excluding carboxylic acids is 1. The lowest BCUT2D eigenvalue weighted by atomic mass is 10.1. The SMILES string of the molecule is Cc1ccc(F)c(NC(=O)N(C)CC(C)(C)O)c1. The van der Waals surface area contributed by atoms with E-state index in [1.54, 1.807) is 33.0 Å². The molecule has 0 aliphatic heterocycles. The van der Waals surface area contributed by atoms with E-state index < -0.39 is 17.4 Å². The smallest absolute Gasteiger partial charge is 0.321 e. The molecule has 0 heterocycles. The number of amides is 2. The number of nitrogens with zero attached hydrogens (tertiary/aromatic N) is 1. The van der Waals surface area contributed by atoms with Crippen molar-refractivity contribution in [3.05, 3.63) is 29.6 Å². The van der Waals surface area contributed by atoms with Gasteiger partial charge in [0.05, 0.1) is 17.8 Å². The van der Waals surface area contributed by atoms with Crippen LogP contribution in [0.1, 0.15) is 19.4 Å². The Labute approximate surface area is 106 Å². The minimum absolute atomic E-state index is 0.141. The lowest BCUT2D eigenvalue weighted by Gasteiger charge is -2.25. The summed E-state index contributed by atoms with van der Waals surface area (Å²) in [5.41, 5.74) is 0.0106. The van der Waals surface area contributed by atoms with Crippen molar-refractivity contribution in [2.24, 2.45) is 0 Å². The highest BCUT2D eigenvalue weighted by atomic mass is 19.1. The lowest BCUT2D eigenvalue weighted by molar-refractivity contribution is 0.0550. The van der Waals surface area contributed by atoms with Gasteiger partial charge >= 0.3 is 6.03 Å². The molecule has 1 aromatic carbocycles. The van der Waals surface area contributed by atoms with Crippen LogP contribution in [0, 0.1) is 12.7 Å². The molecule has 0 atom stereocenters. The summed E-state index contributed by atoms with van der Waals surface area (Å²) in [5, 5.41) is 12.1. The molecule has 0 aliphatic carbocycles. The van der Waals surface area contributed by atoms with Gasteiger partial charge in [-0.25, -0.2) is 9.18 Å². The molecular formula is C13H19FN2O2. The average Bonchev–Trinajstić information content (AvgIpc) is 2.21. The van der Waals surface area contributed by atoms with Crippen LogP contribution in [-0.2, 0) is 0 Å². The highest BCUT2D eigenvalue weighted by Gasteiger charge is 2.19. The fourth-order valence-corrected chi connectivity index (χ4v) is 1.60. The van der Waals surface area contributed by atoms with Gasteiger partial charge in [-0.15, -0.1) is 0 Å². The first kappa shape index (κ1) is 14.4. The Morgan fingerprint density at radius 1 is 1.50 bits per heavy atom. The van der Waals surface area contributed by atoms with Crippen LogP contribution in [0.4, 0.5) is 14.9 Å². The maximum absolute atomic E-state index is 13.4. The van der Waals surface area contributed by atoms with Crippen molar-refractivity contribution >= 4 is 11.7 Å². The Morgan fingerprint density at radius 3 is 2.67 bits per heavy atom. The number of carbonyl (C=O) groups is 1. The molecule has 0 unspecified atom stereocenters. The Balaban J connectivity index is 2.72. The predicted molar refractivity (Wildman–Crippen MR) is 69.1 cm³/mol. The molecular weight excluding hydrogens is 235 g/mol. The highest BCUT2D eigenvalue weighted by molar-refractivity contribution is 5.89. The summed E-state index contributed by atoms with van der Waals surface area (Å²) in [6, 6.07) is 4.04. The first-order chi connectivity index (χ1) is 8.19. The normalized spacial score (nSPS) is 11.2. The van der Waals surface area contributed by atoms with Crippen molar-refractivity contribution < 1.29 is 14.3 Å². The van der Waals surface area contributed by atoms with Crippen molar-refractivity contribution in [1.29, 1.82) is 0 Å². The summed E-state index contributed by atoms with van der Waals surface area (Å²) in [5.74, 6) is -0.481. The first-order valence-corrected chi connectivity index (χ1v) is 5.70. The Morgan fingerprint density at radius 2 is 2.11 bits per heavy atom. The number of nitrogens with one attached hydrogen (secondary N) is 1. The summed E-state index contributed by atoms with van der Waals surface area (Å²) in [4.78, 5) is 13.1. The van der Waals surface area contributed by atoms with E-state index in [0.717, 1.165) is 5.56 Å². The standard InChI is InChI=1S/C13H19FN2O2/c1-9-5-6-10(14)11(7-9)15-12(17)16(4)8-13(2,3)18/h5-7,18H,8H2,1-4H3,(H,15,17). The van der Waals surface area contributed by atoms with Crippen LogP contribution in [0.2, 0.25) is 0 Å². The van der Waals surface area contributed by atoms with Crippen LogP contribution in [0.5, 0.6) is 0 Å². The molecule has 1 rings (SSSR count). The van der Waals surface area contributed by atoms with E-state index in [-0.39, 0.29) is 12.2 Å². The Bertz CT molecular complexity index is 441. The van der Waals surface area contributed by atoms with Crippen molar-refractivity contribution in [2.75, 3.05) is 18.9 Å². The van der Waals surface area contributed by atoms with E-state index in [0.29, 0.717) is 0 Å². The minimum atomic E-state index is -0.989. The highest BCUT2D eigenvalue weighted by Crippen LogP contribution is 2.16. The van der Waals surface area contributed by atoms with E-state index in [9.17, 15) is 14.3 Å². The van der Waals surface area contributed by atoms with Gasteiger partial charge in [0, 0.05) is 7.05 Å². The van der Waals surface area contributed by atoms with E-state index in [2.05, 4.69) is 5.32 Å². The molecule has 0 spiro atoms. The second-order valence-electron chi connectivity index (χ2n) is 5.08. The first-order valence-electron chi connectivity index (χ1n) is 5.70. The van der Waals surface area contributed by atoms with Gasteiger partial charge in [-0.1, -0.05) is 6.07 Å². The number of hydrogen-bond donors (Lipinski definition) is 2. The third kappa shape index (κ3) is 4.33. The quantitative estimate of drug-likeness (QED) is 0.870. The van der Waals surface area contributed by atoms with Gasteiger partial charge in [0.15, 0.2) is 0 Å². The summed E-state index contributed by atoms with van der Waals surface area (Å²) < 4.78 is 13.4. The zero-order valence-corrected chi connectivity index (χ0v) is 11.1. The van der Waals surface area contributed by atoms with Crippen LogP contribution in [0.15, 0.2) is 18.2 Å².